The number of rotatable bonds is 3. The summed E-state index contributed by atoms with van der Waals surface area (Å²) >= 11 is 7.40. The van der Waals surface area contributed by atoms with Gasteiger partial charge in [-0.15, -0.1) is 0 Å². The van der Waals surface area contributed by atoms with E-state index in [1.54, 1.807) is 31.5 Å². The molecule has 0 spiro atoms. The van der Waals surface area contributed by atoms with Gasteiger partial charge in [0.25, 0.3) is 0 Å². The highest BCUT2D eigenvalue weighted by Gasteiger charge is 2.06. The average molecular weight is 267 g/mol. The molecular formula is C12H11ClN2OS. The fourth-order valence-electron chi connectivity index (χ4n) is 1.24. The summed E-state index contributed by atoms with van der Waals surface area (Å²) in [6, 6.07) is 7.27. The van der Waals surface area contributed by atoms with E-state index in [1.807, 2.05) is 12.1 Å². The van der Waals surface area contributed by atoms with Crippen molar-refractivity contribution in [1.82, 2.24) is 9.97 Å². The van der Waals surface area contributed by atoms with Crippen molar-refractivity contribution in [2.75, 3.05) is 0 Å². The van der Waals surface area contributed by atoms with Crippen molar-refractivity contribution >= 4 is 23.4 Å². The number of hydrogen-bond acceptors (Lipinski definition) is 4. The molecule has 0 amide bonds. The number of pyridine rings is 2. The molecule has 0 fully saturated rings. The normalized spacial score (nSPS) is 12.4. The van der Waals surface area contributed by atoms with Crippen molar-refractivity contribution in [3.8, 4) is 0 Å². The Hall–Kier alpha value is -1.10. The van der Waals surface area contributed by atoms with E-state index < -0.39 is 6.10 Å². The summed E-state index contributed by atoms with van der Waals surface area (Å²) in [5.74, 6) is 0. The van der Waals surface area contributed by atoms with E-state index in [0.717, 1.165) is 15.6 Å². The SMILES string of the molecule is CC(O)c1ccc(Sc2ncccc2Cl)nc1. The smallest absolute Gasteiger partial charge is 0.121 e. The lowest BCUT2D eigenvalue weighted by Gasteiger charge is -2.05. The van der Waals surface area contributed by atoms with Gasteiger partial charge in [-0.2, -0.15) is 0 Å². The summed E-state index contributed by atoms with van der Waals surface area (Å²) in [5, 5.41) is 11.5. The van der Waals surface area contributed by atoms with E-state index in [2.05, 4.69) is 9.97 Å². The van der Waals surface area contributed by atoms with E-state index in [-0.39, 0.29) is 0 Å². The van der Waals surface area contributed by atoms with Crippen LogP contribution in [-0.2, 0) is 0 Å². The van der Waals surface area contributed by atoms with Crippen LogP contribution >= 0.6 is 23.4 Å². The third-order valence-corrected chi connectivity index (χ3v) is 3.55. The van der Waals surface area contributed by atoms with Gasteiger partial charge in [-0.3, -0.25) is 0 Å². The van der Waals surface area contributed by atoms with Crippen LogP contribution in [0.3, 0.4) is 0 Å². The Morgan fingerprint density at radius 3 is 2.71 bits per heavy atom. The van der Waals surface area contributed by atoms with Crippen LogP contribution in [0.25, 0.3) is 0 Å². The van der Waals surface area contributed by atoms with Gasteiger partial charge in [0, 0.05) is 12.4 Å². The largest absolute Gasteiger partial charge is 0.389 e. The fraction of sp³-hybridized carbons (Fsp3) is 0.167. The van der Waals surface area contributed by atoms with Gasteiger partial charge in [-0.05, 0) is 42.4 Å². The number of halogens is 1. The van der Waals surface area contributed by atoms with Crippen molar-refractivity contribution in [3.05, 3.63) is 47.2 Å². The Balaban J connectivity index is 2.17. The second-order valence-corrected chi connectivity index (χ2v) is 4.91. The van der Waals surface area contributed by atoms with Gasteiger partial charge in [0.1, 0.15) is 10.1 Å². The first kappa shape index (κ1) is 12.4. The van der Waals surface area contributed by atoms with E-state index in [9.17, 15) is 5.11 Å². The lowest BCUT2D eigenvalue weighted by atomic mass is 10.2. The third-order valence-electron chi connectivity index (χ3n) is 2.17. The summed E-state index contributed by atoms with van der Waals surface area (Å²) in [5.41, 5.74) is 0.793. The molecule has 0 radical (unpaired) electrons. The monoisotopic (exact) mass is 266 g/mol. The minimum Gasteiger partial charge on any atom is -0.389 e. The first-order valence-electron chi connectivity index (χ1n) is 5.09. The highest BCUT2D eigenvalue weighted by Crippen LogP contribution is 2.30. The topological polar surface area (TPSA) is 46.0 Å². The molecule has 2 heterocycles. The fourth-order valence-corrected chi connectivity index (χ4v) is 2.20. The van der Waals surface area contributed by atoms with E-state index in [1.165, 1.54) is 11.8 Å². The summed E-state index contributed by atoms with van der Waals surface area (Å²) in [7, 11) is 0. The molecule has 2 aromatic rings. The Morgan fingerprint density at radius 2 is 2.12 bits per heavy atom. The number of hydrogen-bond donors (Lipinski definition) is 1. The molecule has 1 atom stereocenters. The zero-order chi connectivity index (χ0) is 12.3. The lowest BCUT2D eigenvalue weighted by molar-refractivity contribution is 0.198. The van der Waals surface area contributed by atoms with Crippen molar-refractivity contribution in [2.45, 2.75) is 23.1 Å². The van der Waals surface area contributed by atoms with Gasteiger partial charge >= 0.3 is 0 Å². The molecular weight excluding hydrogens is 256 g/mol. The van der Waals surface area contributed by atoms with Crippen LogP contribution < -0.4 is 0 Å². The number of aliphatic hydroxyl groups excluding tert-OH is 1. The quantitative estimate of drug-likeness (QED) is 0.926. The van der Waals surface area contributed by atoms with Crippen LogP contribution in [0.15, 0.2) is 46.7 Å². The molecule has 0 aromatic carbocycles. The zero-order valence-electron chi connectivity index (χ0n) is 9.17. The number of aromatic nitrogens is 2. The zero-order valence-corrected chi connectivity index (χ0v) is 10.7. The maximum atomic E-state index is 9.37. The Morgan fingerprint density at radius 1 is 1.29 bits per heavy atom. The third kappa shape index (κ3) is 3.19. The molecule has 2 rings (SSSR count). The second kappa shape index (κ2) is 5.49. The number of aliphatic hydroxyl groups is 1. The molecule has 2 aromatic heterocycles. The average Bonchev–Trinajstić information content (AvgIpc) is 2.33. The molecule has 0 aliphatic heterocycles. The van der Waals surface area contributed by atoms with Crippen LogP contribution in [0.5, 0.6) is 0 Å². The van der Waals surface area contributed by atoms with Gasteiger partial charge in [0.05, 0.1) is 11.1 Å². The standard InChI is InChI=1S/C12H11ClN2OS/c1-8(16)9-4-5-11(15-7-9)17-12-10(13)3-2-6-14-12/h2-8,16H,1H3. The molecule has 0 bridgehead atoms. The molecule has 0 saturated heterocycles. The Bertz CT molecular complexity index is 502. The summed E-state index contributed by atoms with van der Waals surface area (Å²) in [4.78, 5) is 8.41. The maximum absolute atomic E-state index is 9.37. The van der Waals surface area contributed by atoms with Crippen LogP contribution in [0, 0.1) is 0 Å². The van der Waals surface area contributed by atoms with Gasteiger partial charge in [0.15, 0.2) is 0 Å². The lowest BCUT2D eigenvalue weighted by Crippen LogP contribution is -1.92. The Labute approximate surface area is 109 Å². The van der Waals surface area contributed by atoms with E-state index in [4.69, 9.17) is 11.6 Å². The number of nitrogens with zero attached hydrogens (tertiary/aromatic N) is 2. The van der Waals surface area contributed by atoms with Gasteiger partial charge in [0.2, 0.25) is 0 Å². The van der Waals surface area contributed by atoms with Gasteiger partial charge < -0.3 is 5.11 Å². The summed E-state index contributed by atoms with van der Waals surface area (Å²) in [6.45, 7) is 1.71. The predicted octanol–water partition coefficient (Wildman–Crippen LogP) is 3.33. The summed E-state index contributed by atoms with van der Waals surface area (Å²) in [6.07, 6.45) is 2.85. The van der Waals surface area contributed by atoms with Gasteiger partial charge in [-0.1, -0.05) is 17.7 Å². The predicted molar refractivity (Wildman–Crippen MR) is 68.2 cm³/mol. The van der Waals surface area contributed by atoms with Gasteiger partial charge in [-0.25, -0.2) is 9.97 Å². The summed E-state index contributed by atoms with van der Waals surface area (Å²) < 4.78 is 0. The molecule has 5 heteroatoms. The van der Waals surface area contributed by atoms with Crippen LogP contribution in [0.1, 0.15) is 18.6 Å². The minimum atomic E-state index is -0.500. The van der Waals surface area contributed by atoms with Crippen molar-refractivity contribution in [3.63, 3.8) is 0 Å². The molecule has 3 nitrogen and oxygen atoms in total. The first-order chi connectivity index (χ1) is 8.16. The van der Waals surface area contributed by atoms with E-state index in [0.29, 0.717) is 5.02 Å². The molecule has 0 saturated carbocycles. The van der Waals surface area contributed by atoms with Crippen LogP contribution in [0.4, 0.5) is 0 Å². The van der Waals surface area contributed by atoms with Crippen LogP contribution in [-0.4, -0.2) is 15.1 Å². The highest BCUT2D eigenvalue weighted by atomic mass is 35.5. The van der Waals surface area contributed by atoms with Crippen molar-refractivity contribution < 1.29 is 5.11 Å². The maximum Gasteiger partial charge on any atom is 0.121 e. The molecule has 1 N–H and O–H groups in total. The highest BCUT2D eigenvalue weighted by molar-refractivity contribution is 7.99. The van der Waals surface area contributed by atoms with E-state index >= 15 is 0 Å². The molecule has 88 valence electrons. The molecule has 17 heavy (non-hydrogen) atoms. The van der Waals surface area contributed by atoms with Crippen molar-refractivity contribution in [1.29, 1.82) is 0 Å². The van der Waals surface area contributed by atoms with Crippen molar-refractivity contribution in [2.24, 2.45) is 0 Å². The van der Waals surface area contributed by atoms with Crippen LogP contribution in [0.2, 0.25) is 5.02 Å². The molecule has 0 aliphatic carbocycles. The minimum absolute atomic E-state index is 0.500. The first-order valence-corrected chi connectivity index (χ1v) is 6.28. The Kier molecular flexibility index (Phi) is 3.99. The molecule has 0 aliphatic rings. The molecule has 1 unspecified atom stereocenters. The second-order valence-electron chi connectivity index (χ2n) is 3.50.